The number of rotatable bonds is 5. The fraction of sp³-hybridized carbons (Fsp3) is 0.667. The van der Waals surface area contributed by atoms with Crippen LogP contribution in [0.3, 0.4) is 0 Å². The van der Waals surface area contributed by atoms with Crippen molar-refractivity contribution in [1.82, 2.24) is 0 Å². The first-order chi connectivity index (χ1) is 6.29. The van der Waals surface area contributed by atoms with Gasteiger partial charge >= 0.3 is 71.1 Å². The molecule has 0 aliphatic carbocycles. The predicted molar refractivity (Wildman–Crippen MR) is 41.5 cm³/mol. The number of aliphatic hydroxyl groups is 4. The van der Waals surface area contributed by atoms with Gasteiger partial charge in [-0.2, -0.15) is 0 Å². The summed E-state index contributed by atoms with van der Waals surface area (Å²) in [6, 6.07) is 0. The second-order valence-electron chi connectivity index (χ2n) is 2.55. The molecule has 0 spiro atoms. The Labute approximate surface area is 137 Å². The molecule has 0 aliphatic heterocycles. The fourth-order valence-electron chi connectivity index (χ4n) is 0.666. The second-order valence-corrected chi connectivity index (χ2v) is 2.55. The van der Waals surface area contributed by atoms with Crippen molar-refractivity contribution in [2.45, 2.75) is 24.4 Å². The smallest absolute Gasteiger partial charge is 1.00 e. The normalized spacial score (nSPS) is 17.0. The minimum atomic E-state index is -2.36. The van der Waals surface area contributed by atoms with Crippen LogP contribution in [0.5, 0.6) is 0 Å². The maximum Gasteiger partial charge on any atom is 1.00 e. The van der Waals surface area contributed by atoms with Gasteiger partial charge in [-0.25, -0.2) is 9.59 Å². The molecule has 0 bridgehead atoms. The summed E-state index contributed by atoms with van der Waals surface area (Å²) >= 11 is 0. The van der Waals surface area contributed by atoms with E-state index in [9.17, 15) is 9.59 Å². The average molecular weight is 258 g/mol. The largest absolute Gasteiger partial charge is 1.00 e. The molecule has 0 saturated carbocycles. The van der Waals surface area contributed by atoms with Gasteiger partial charge in [0.25, 0.3) is 0 Å². The zero-order valence-corrected chi connectivity index (χ0v) is 12.8. The third-order valence-electron chi connectivity index (χ3n) is 1.50. The average Bonchev–Trinajstić information content (AvgIpc) is 2.12. The van der Waals surface area contributed by atoms with Crippen LogP contribution in [0.25, 0.3) is 0 Å². The maximum atomic E-state index is 10.1. The summed E-state index contributed by atoms with van der Waals surface area (Å²) in [7, 11) is 0. The van der Waals surface area contributed by atoms with E-state index in [0.717, 1.165) is 0 Å². The molecule has 6 N–H and O–H groups in total. The molecular formula is C6H12Na2O8. The van der Waals surface area contributed by atoms with E-state index >= 15 is 0 Å². The quantitative estimate of drug-likeness (QED) is 0.265. The van der Waals surface area contributed by atoms with Crippen LogP contribution in [0.4, 0.5) is 0 Å². The van der Waals surface area contributed by atoms with E-state index in [1.807, 2.05) is 0 Å². The number of carboxylic acid groups (broad SMARTS) is 2. The van der Waals surface area contributed by atoms with Crippen molar-refractivity contribution in [2.75, 3.05) is 0 Å². The maximum absolute atomic E-state index is 10.1. The minimum Gasteiger partial charge on any atom is -1.00 e. The molecule has 8 nitrogen and oxygen atoms in total. The molecule has 0 heterocycles. The molecule has 0 amide bonds. The monoisotopic (exact) mass is 258 g/mol. The number of hydrogen-bond acceptors (Lipinski definition) is 6. The first kappa shape index (κ1) is 22.0. The van der Waals surface area contributed by atoms with Gasteiger partial charge in [0.2, 0.25) is 0 Å². The summed E-state index contributed by atoms with van der Waals surface area (Å²) in [6.07, 6.45) is -9.28. The Morgan fingerprint density at radius 3 is 1.06 bits per heavy atom. The standard InChI is InChI=1S/C6H10O8.2Na.2H/c7-1(3(9)5(11)12)2(8)4(10)6(13)14;;;;/h1-4,7-10H,(H,11,12)(H,13,14);;;;/q;2*+1;2*-1. The third kappa shape index (κ3) is 6.50. The summed E-state index contributed by atoms with van der Waals surface area (Å²) in [5, 5.41) is 51.5. The molecule has 86 valence electrons. The van der Waals surface area contributed by atoms with Crippen molar-refractivity contribution < 1.29 is 102 Å². The summed E-state index contributed by atoms with van der Waals surface area (Å²) in [6.45, 7) is 0. The SMILES string of the molecule is O=C(O)C(O)C(O)C(O)C(O)C(=O)O.[H-].[H-].[Na+].[Na+]. The molecule has 0 aromatic rings. The number of aliphatic hydroxyl groups excluding tert-OH is 4. The molecule has 4 atom stereocenters. The molecule has 4 unspecified atom stereocenters. The van der Waals surface area contributed by atoms with E-state index in [2.05, 4.69) is 0 Å². The summed E-state index contributed by atoms with van der Waals surface area (Å²) in [5.41, 5.74) is 0. The van der Waals surface area contributed by atoms with Crippen LogP contribution in [0.1, 0.15) is 2.85 Å². The van der Waals surface area contributed by atoms with Gasteiger partial charge in [0.1, 0.15) is 12.2 Å². The van der Waals surface area contributed by atoms with Gasteiger partial charge in [0.05, 0.1) is 0 Å². The second kappa shape index (κ2) is 9.77. The van der Waals surface area contributed by atoms with Crippen LogP contribution in [-0.2, 0) is 9.59 Å². The van der Waals surface area contributed by atoms with Gasteiger partial charge < -0.3 is 33.5 Å². The van der Waals surface area contributed by atoms with Gasteiger partial charge in [-0.1, -0.05) is 0 Å². The van der Waals surface area contributed by atoms with Gasteiger partial charge in [-0.05, 0) is 0 Å². The van der Waals surface area contributed by atoms with Crippen molar-refractivity contribution in [1.29, 1.82) is 0 Å². The van der Waals surface area contributed by atoms with Gasteiger partial charge in [-0.15, -0.1) is 0 Å². The molecule has 10 heteroatoms. The number of hydrogen-bond donors (Lipinski definition) is 6. The summed E-state index contributed by atoms with van der Waals surface area (Å²) in [5.74, 6) is -3.68. The fourth-order valence-corrected chi connectivity index (χ4v) is 0.666. The molecular weight excluding hydrogens is 246 g/mol. The Bertz CT molecular complexity index is 220. The van der Waals surface area contributed by atoms with Crippen LogP contribution in [0.2, 0.25) is 0 Å². The van der Waals surface area contributed by atoms with Crippen LogP contribution in [0.15, 0.2) is 0 Å². The van der Waals surface area contributed by atoms with Gasteiger partial charge in [0.15, 0.2) is 12.2 Å². The van der Waals surface area contributed by atoms with E-state index in [0.29, 0.717) is 0 Å². The van der Waals surface area contributed by atoms with Crippen LogP contribution in [-0.4, -0.2) is 67.0 Å². The zero-order chi connectivity index (χ0) is 11.5. The minimum absolute atomic E-state index is 0. The van der Waals surface area contributed by atoms with Gasteiger partial charge in [-0.3, -0.25) is 0 Å². The Balaban J connectivity index is -0.000000141. The Morgan fingerprint density at radius 1 is 0.750 bits per heavy atom. The van der Waals surface area contributed by atoms with Crippen LogP contribution < -0.4 is 59.1 Å². The zero-order valence-electron chi connectivity index (χ0n) is 10.8. The third-order valence-corrected chi connectivity index (χ3v) is 1.50. The molecule has 0 aliphatic rings. The van der Waals surface area contributed by atoms with Crippen molar-refractivity contribution in [3.63, 3.8) is 0 Å². The predicted octanol–water partition coefficient (Wildman–Crippen LogP) is -9.17. The number of aliphatic carboxylic acids is 2. The Kier molecular flexibility index (Phi) is 13.4. The number of carboxylic acids is 2. The molecule has 0 rings (SSSR count). The molecule has 0 fully saturated rings. The molecule has 0 saturated heterocycles. The molecule has 0 aromatic heterocycles. The number of carbonyl (C=O) groups is 2. The van der Waals surface area contributed by atoms with Crippen molar-refractivity contribution in [2.24, 2.45) is 0 Å². The Morgan fingerprint density at radius 2 is 0.938 bits per heavy atom. The van der Waals surface area contributed by atoms with Crippen molar-refractivity contribution >= 4 is 11.9 Å². The topological polar surface area (TPSA) is 156 Å². The van der Waals surface area contributed by atoms with Crippen molar-refractivity contribution in [3.05, 3.63) is 0 Å². The van der Waals surface area contributed by atoms with E-state index in [1.54, 1.807) is 0 Å². The molecule has 0 aromatic carbocycles. The van der Waals surface area contributed by atoms with E-state index < -0.39 is 36.4 Å². The van der Waals surface area contributed by atoms with Gasteiger partial charge in [0, 0.05) is 0 Å². The summed E-state index contributed by atoms with van der Waals surface area (Å²) in [4.78, 5) is 20.2. The van der Waals surface area contributed by atoms with Crippen molar-refractivity contribution in [3.8, 4) is 0 Å². The summed E-state index contributed by atoms with van der Waals surface area (Å²) < 4.78 is 0. The molecule has 0 radical (unpaired) electrons. The van der Waals surface area contributed by atoms with E-state index in [1.165, 1.54) is 0 Å². The first-order valence-corrected chi connectivity index (χ1v) is 3.47. The van der Waals surface area contributed by atoms with Crippen LogP contribution in [0, 0.1) is 0 Å². The Hall–Kier alpha value is 0.780. The van der Waals surface area contributed by atoms with E-state index in [4.69, 9.17) is 30.6 Å². The first-order valence-electron chi connectivity index (χ1n) is 3.47. The van der Waals surface area contributed by atoms with Crippen LogP contribution >= 0.6 is 0 Å². The van der Waals surface area contributed by atoms with E-state index in [-0.39, 0.29) is 62.0 Å². The molecule has 16 heavy (non-hydrogen) atoms.